The fraction of sp³-hybridized carbons (Fsp3) is 0.533. The molecule has 94 valence electrons. The van der Waals surface area contributed by atoms with Crippen LogP contribution in [0.1, 0.15) is 31.9 Å². The molecule has 2 nitrogen and oxygen atoms in total. The number of aryl methyl sites for hydroxylation is 1. The minimum absolute atomic E-state index is 0.0747. The largest absolute Gasteiger partial charge is 0.496 e. The average molecular weight is 234 g/mol. The van der Waals surface area contributed by atoms with E-state index < -0.39 is 0 Å². The Morgan fingerprint density at radius 3 is 2.47 bits per heavy atom. The van der Waals surface area contributed by atoms with Crippen molar-refractivity contribution < 1.29 is 9.53 Å². The van der Waals surface area contributed by atoms with Crippen LogP contribution in [0.15, 0.2) is 18.2 Å². The molecule has 0 saturated carbocycles. The Morgan fingerprint density at radius 2 is 2.00 bits per heavy atom. The van der Waals surface area contributed by atoms with Crippen molar-refractivity contribution in [3.8, 4) is 5.75 Å². The standard InChI is InChI=1S/C15H22O2/c1-10(2)14(12(4)16)9-13-8-11(3)6-7-15(13)17-5/h6-8,10,14H,9H2,1-5H3. The molecule has 1 rings (SSSR count). The van der Waals surface area contributed by atoms with Crippen LogP contribution < -0.4 is 4.74 Å². The van der Waals surface area contributed by atoms with Gasteiger partial charge in [0.05, 0.1) is 7.11 Å². The topological polar surface area (TPSA) is 26.3 Å². The molecule has 0 fully saturated rings. The molecular formula is C15H22O2. The highest BCUT2D eigenvalue weighted by atomic mass is 16.5. The van der Waals surface area contributed by atoms with Crippen molar-refractivity contribution in [1.29, 1.82) is 0 Å². The van der Waals surface area contributed by atoms with Gasteiger partial charge in [-0.3, -0.25) is 4.79 Å². The SMILES string of the molecule is COc1ccc(C)cc1CC(C(C)=O)C(C)C. The molecule has 0 N–H and O–H groups in total. The van der Waals surface area contributed by atoms with Gasteiger partial charge in [0.2, 0.25) is 0 Å². The van der Waals surface area contributed by atoms with Crippen LogP contribution in [0, 0.1) is 18.8 Å². The van der Waals surface area contributed by atoms with Gasteiger partial charge in [-0.05, 0) is 37.8 Å². The van der Waals surface area contributed by atoms with E-state index >= 15 is 0 Å². The monoisotopic (exact) mass is 234 g/mol. The molecule has 17 heavy (non-hydrogen) atoms. The highest BCUT2D eigenvalue weighted by Gasteiger charge is 2.20. The predicted molar refractivity (Wildman–Crippen MR) is 70.4 cm³/mol. The molecular weight excluding hydrogens is 212 g/mol. The summed E-state index contributed by atoms with van der Waals surface area (Å²) in [5.74, 6) is 1.56. The van der Waals surface area contributed by atoms with Crippen molar-refractivity contribution in [3.05, 3.63) is 29.3 Å². The fourth-order valence-electron chi connectivity index (χ4n) is 2.15. The first-order chi connectivity index (χ1) is 7.95. The van der Waals surface area contributed by atoms with Crippen LogP contribution in [-0.2, 0) is 11.2 Å². The summed E-state index contributed by atoms with van der Waals surface area (Å²) in [6.07, 6.45) is 0.762. The average Bonchev–Trinajstić information content (AvgIpc) is 2.25. The van der Waals surface area contributed by atoms with Crippen LogP contribution in [0.2, 0.25) is 0 Å². The van der Waals surface area contributed by atoms with Gasteiger partial charge in [0, 0.05) is 5.92 Å². The molecule has 1 aromatic carbocycles. The second-order valence-electron chi connectivity index (χ2n) is 4.98. The summed E-state index contributed by atoms with van der Waals surface area (Å²) in [6, 6.07) is 6.11. The van der Waals surface area contributed by atoms with E-state index in [1.54, 1.807) is 14.0 Å². The summed E-state index contributed by atoms with van der Waals surface area (Å²) in [4.78, 5) is 11.6. The first-order valence-electron chi connectivity index (χ1n) is 6.09. The Kier molecular flexibility index (Phi) is 4.73. The summed E-state index contributed by atoms with van der Waals surface area (Å²) in [7, 11) is 1.67. The molecule has 1 aromatic rings. The number of hydrogen-bond acceptors (Lipinski definition) is 2. The van der Waals surface area contributed by atoms with Gasteiger partial charge in [0.25, 0.3) is 0 Å². The Hall–Kier alpha value is -1.31. The fourth-order valence-corrected chi connectivity index (χ4v) is 2.15. The first-order valence-corrected chi connectivity index (χ1v) is 6.09. The lowest BCUT2D eigenvalue weighted by atomic mass is 9.86. The summed E-state index contributed by atoms with van der Waals surface area (Å²) in [6.45, 7) is 7.91. The van der Waals surface area contributed by atoms with Crippen LogP contribution in [0.5, 0.6) is 5.75 Å². The summed E-state index contributed by atoms with van der Waals surface area (Å²) >= 11 is 0. The summed E-state index contributed by atoms with van der Waals surface area (Å²) < 4.78 is 5.35. The summed E-state index contributed by atoms with van der Waals surface area (Å²) in [5, 5.41) is 0. The molecule has 1 unspecified atom stereocenters. The normalized spacial score (nSPS) is 12.6. The second kappa shape index (κ2) is 5.85. The van der Waals surface area contributed by atoms with Gasteiger partial charge < -0.3 is 4.74 Å². The van der Waals surface area contributed by atoms with Gasteiger partial charge in [-0.15, -0.1) is 0 Å². The van der Waals surface area contributed by atoms with E-state index in [1.807, 2.05) is 12.1 Å². The van der Waals surface area contributed by atoms with Crippen molar-refractivity contribution >= 4 is 5.78 Å². The first kappa shape index (κ1) is 13.8. The number of carbonyl (C=O) groups excluding carboxylic acids is 1. The molecule has 0 amide bonds. The van der Waals surface area contributed by atoms with Crippen LogP contribution in [-0.4, -0.2) is 12.9 Å². The summed E-state index contributed by atoms with van der Waals surface area (Å²) in [5.41, 5.74) is 2.33. The molecule has 0 aliphatic rings. The maximum atomic E-state index is 11.6. The van der Waals surface area contributed by atoms with E-state index in [-0.39, 0.29) is 11.7 Å². The Morgan fingerprint density at radius 1 is 1.35 bits per heavy atom. The van der Waals surface area contributed by atoms with Gasteiger partial charge in [0.1, 0.15) is 11.5 Å². The maximum absolute atomic E-state index is 11.6. The third kappa shape index (κ3) is 3.58. The highest BCUT2D eigenvalue weighted by molar-refractivity contribution is 5.79. The number of methoxy groups -OCH3 is 1. The van der Waals surface area contributed by atoms with E-state index in [9.17, 15) is 4.79 Å². The molecule has 2 heteroatoms. The van der Waals surface area contributed by atoms with Crippen molar-refractivity contribution in [2.24, 2.45) is 11.8 Å². The predicted octanol–water partition coefficient (Wildman–Crippen LogP) is 3.41. The Bertz CT molecular complexity index is 394. The van der Waals surface area contributed by atoms with Crippen LogP contribution in [0.3, 0.4) is 0 Å². The number of ether oxygens (including phenoxy) is 1. The number of ketones is 1. The van der Waals surface area contributed by atoms with E-state index in [0.717, 1.165) is 17.7 Å². The maximum Gasteiger partial charge on any atom is 0.133 e. The Labute approximate surface area is 104 Å². The lowest BCUT2D eigenvalue weighted by Gasteiger charge is -2.19. The number of carbonyl (C=O) groups is 1. The Balaban J connectivity index is 2.99. The lowest BCUT2D eigenvalue weighted by Crippen LogP contribution is -2.20. The molecule has 1 atom stereocenters. The third-order valence-corrected chi connectivity index (χ3v) is 3.20. The van der Waals surface area contributed by atoms with Gasteiger partial charge >= 0.3 is 0 Å². The molecule has 0 bridgehead atoms. The molecule has 0 aromatic heterocycles. The van der Waals surface area contributed by atoms with E-state index in [2.05, 4.69) is 26.8 Å². The molecule has 0 spiro atoms. The van der Waals surface area contributed by atoms with Gasteiger partial charge in [-0.1, -0.05) is 31.5 Å². The molecule has 0 heterocycles. The smallest absolute Gasteiger partial charge is 0.133 e. The minimum Gasteiger partial charge on any atom is -0.496 e. The van der Waals surface area contributed by atoms with E-state index in [4.69, 9.17) is 4.74 Å². The quantitative estimate of drug-likeness (QED) is 0.780. The number of rotatable bonds is 5. The minimum atomic E-state index is 0.0747. The van der Waals surface area contributed by atoms with Gasteiger partial charge in [-0.25, -0.2) is 0 Å². The van der Waals surface area contributed by atoms with E-state index in [0.29, 0.717) is 5.92 Å². The van der Waals surface area contributed by atoms with Crippen molar-refractivity contribution in [3.63, 3.8) is 0 Å². The van der Waals surface area contributed by atoms with Crippen molar-refractivity contribution in [2.45, 2.75) is 34.1 Å². The lowest BCUT2D eigenvalue weighted by molar-refractivity contribution is -0.121. The van der Waals surface area contributed by atoms with Crippen LogP contribution in [0.25, 0.3) is 0 Å². The van der Waals surface area contributed by atoms with Crippen molar-refractivity contribution in [2.75, 3.05) is 7.11 Å². The zero-order valence-corrected chi connectivity index (χ0v) is 11.4. The number of hydrogen-bond donors (Lipinski definition) is 0. The van der Waals surface area contributed by atoms with Gasteiger partial charge in [-0.2, -0.15) is 0 Å². The molecule has 0 aliphatic carbocycles. The van der Waals surface area contributed by atoms with Crippen molar-refractivity contribution in [1.82, 2.24) is 0 Å². The second-order valence-corrected chi connectivity index (χ2v) is 4.98. The molecule has 0 saturated heterocycles. The van der Waals surface area contributed by atoms with Gasteiger partial charge in [0.15, 0.2) is 0 Å². The van der Waals surface area contributed by atoms with E-state index in [1.165, 1.54) is 5.56 Å². The number of benzene rings is 1. The third-order valence-electron chi connectivity index (χ3n) is 3.20. The molecule has 0 radical (unpaired) electrons. The molecule has 0 aliphatic heterocycles. The zero-order valence-electron chi connectivity index (χ0n) is 11.4. The number of Topliss-reactive ketones (excluding diaryl/α,β-unsaturated/α-hetero) is 1. The highest BCUT2D eigenvalue weighted by Crippen LogP contribution is 2.26. The zero-order chi connectivity index (χ0) is 13.0. The van der Waals surface area contributed by atoms with Crippen LogP contribution in [0.4, 0.5) is 0 Å². The van der Waals surface area contributed by atoms with Crippen LogP contribution >= 0.6 is 0 Å².